The van der Waals surface area contributed by atoms with Gasteiger partial charge in [0, 0.05) is 28.9 Å². The van der Waals surface area contributed by atoms with Crippen molar-refractivity contribution >= 4 is 34.2 Å². The van der Waals surface area contributed by atoms with Crippen LogP contribution >= 0.6 is 11.6 Å². The van der Waals surface area contributed by atoms with E-state index in [1.54, 1.807) is 17.0 Å². The van der Waals surface area contributed by atoms with Gasteiger partial charge in [-0.15, -0.1) is 0 Å². The second kappa shape index (κ2) is 7.72. The monoisotopic (exact) mass is 363 g/mol. The summed E-state index contributed by atoms with van der Waals surface area (Å²) >= 11 is 6.18. The molecule has 1 aliphatic rings. The Kier molecular flexibility index (Phi) is 5.40. The van der Waals surface area contributed by atoms with Gasteiger partial charge in [0.05, 0.1) is 19.1 Å². The van der Waals surface area contributed by atoms with Crippen LogP contribution in [0.3, 0.4) is 0 Å². The van der Waals surface area contributed by atoms with Gasteiger partial charge in [-0.25, -0.2) is 0 Å². The van der Waals surface area contributed by atoms with Gasteiger partial charge in [-0.05, 0) is 12.1 Å². The lowest BCUT2D eigenvalue weighted by atomic mass is 10.1. The molecular formula is C18H18ClNO5. The highest BCUT2D eigenvalue weighted by atomic mass is 35.5. The molecule has 6 nitrogen and oxygen atoms in total. The van der Waals surface area contributed by atoms with Gasteiger partial charge in [-0.1, -0.05) is 35.9 Å². The van der Waals surface area contributed by atoms with Crippen LogP contribution < -0.4 is 4.74 Å². The van der Waals surface area contributed by atoms with Gasteiger partial charge in [0.25, 0.3) is 5.91 Å². The zero-order valence-corrected chi connectivity index (χ0v) is 14.2. The summed E-state index contributed by atoms with van der Waals surface area (Å²) in [5, 5.41) is 11.2. The summed E-state index contributed by atoms with van der Waals surface area (Å²) in [6.07, 6.45) is -0.599. The van der Waals surface area contributed by atoms with Crippen molar-refractivity contribution in [3.63, 3.8) is 0 Å². The van der Waals surface area contributed by atoms with Gasteiger partial charge in [0.15, 0.2) is 6.61 Å². The number of ether oxygens (including phenoxy) is 2. The van der Waals surface area contributed by atoms with E-state index in [4.69, 9.17) is 26.2 Å². The van der Waals surface area contributed by atoms with Crippen LogP contribution in [0.1, 0.15) is 6.42 Å². The summed E-state index contributed by atoms with van der Waals surface area (Å²) in [7, 11) is 0. The Hall–Kier alpha value is -2.31. The van der Waals surface area contributed by atoms with E-state index >= 15 is 0 Å². The third-order valence-corrected chi connectivity index (χ3v) is 4.41. The molecule has 0 bridgehead atoms. The molecule has 0 spiro atoms. The number of halogens is 1. The first-order valence-electron chi connectivity index (χ1n) is 7.96. The molecule has 1 amide bonds. The molecule has 1 heterocycles. The van der Waals surface area contributed by atoms with E-state index in [0.29, 0.717) is 23.9 Å². The van der Waals surface area contributed by atoms with Gasteiger partial charge < -0.3 is 19.5 Å². The number of carboxylic acid groups (broad SMARTS) is 1. The van der Waals surface area contributed by atoms with E-state index in [2.05, 4.69) is 0 Å². The fraction of sp³-hybridized carbons (Fsp3) is 0.333. The van der Waals surface area contributed by atoms with Crippen LogP contribution in [0.15, 0.2) is 36.4 Å². The van der Waals surface area contributed by atoms with E-state index in [1.165, 1.54) is 0 Å². The van der Waals surface area contributed by atoms with Crippen molar-refractivity contribution in [1.29, 1.82) is 0 Å². The number of amides is 1. The number of carbonyl (C=O) groups excluding carboxylic acids is 1. The molecule has 0 aliphatic carbocycles. The van der Waals surface area contributed by atoms with Gasteiger partial charge in [-0.2, -0.15) is 0 Å². The molecule has 132 valence electrons. The molecule has 0 radical (unpaired) electrons. The zero-order chi connectivity index (χ0) is 17.8. The second-order valence-electron chi connectivity index (χ2n) is 5.81. The Morgan fingerprint density at radius 3 is 2.76 bits per heavy atom. The first-order valence-corrected chi connectivity index (χ1v) is 8.33. The maximum atomic E-state index is 12.4. The van der Waals surface area contributed by atoms with Crippen molar-refractivity contribution in [2.75, 3.05) is 26.3 Å². The average Bonchev–Trinajstić information content (AvgIpc) is 2.61. The fourth-order valence-corrected chi connectivity index (χ4v) is 3.08. The highest BCUT2D eigenvalue weighted by molar-refractivity contribution is 6.35. The summed E-state index contributed by atoms with van der Waals surface area (Å²) in [5.74, 6) is -0.551. The summed E-state index contributed by atoms with van der Waals surface area (Å²) in [4.78, 5) is 24.7. The number of benzene rings is 2. The molecule has 1 unspecified atom stereocenters. The molecule has 1 aliphatic heterocycles. The van der Waals surface area contributed by atoms with E-state index in [-0.39, 0.29) is 25.5 Å². The maximum absolute atomic E-state index is 12.4. The number of rotatable bonds is 5. The standard InChI is InChI=1S/C18H18ClNO5/c19-15-5-6-16(14-4-2-1-3-13(14)15)25-11-17(21)20-7-8-24-12(10-20)9-18(22)23/h1-6,12H,7-11H2,(H,22,23). The number of morpholine rings is 1. The quantitative estimate of drug-likeness (QED) is 0.883. The average molecular weight is 364 g/mol. The highest BCUT2D eigenvalue weighted by Crippen LogP contribution is 2.31. The van der Waals surface area contributed by atoms with Crippen molar-refractivity contribution in [3.05, 3.63) is 41.4 Å². The Bertz CT molecular complexity index is 794. The number of nitrogens with zero attached hydrogens (tertiary/aromatic N) is 1. The molecule has 2 aromatic carbocycles. The highest BCUT2D eigenvalue weighted by Gasteiger charge is 2.26. The summed E-state index contributed by atoms with van der Waals surface area (Å²) in [6, 6.07) is 11.0. The SMILES string of the molecule is O=C(O)CC1CN(C(=O)COc2ccc(Cl)c3ccccc23)CCO1. The molecule has 0 aromatic heterocycles. The van der Waals surface area contributed by atoms with Gasteiger partial charge in [-0.3, -0.25) is 9.59 Å². The maximum Gasteiger partial charge on any atom is 0.306 e. The number of carbonyl (C=O) groups is 2. The topological polar surface area (TPSA) is 76.1 Å². The molecule has 25 heavy (non-hydrogen) atoms. The van der Waals surface area contributed by atoms with Crippen molar-refractivity contribution < 1.29 is 24.2 Å². The first-order chi connectivity index (χ1) is 12.0. The van der Waals surface area contributed by atoms with Gasteiger partial charge >= 0.3 is 5.97 Å². The van der Waals surface area contributed by atoms with Crippen LogP contribution in [0.25, 0.3) is 10.8 Å². The van der Waals surface area contributed by atoms with Crippen molar-refractivity contribution in [3.8, 4) is 5.75 Å². The molecule has 1 N–H and O–H groups in total. The number of fused-ring (bicyclic) bond motifs is 1. The van der Waals surface area contributed by atoms with Crippen molar-refractivity contribution in [2.24, 2.45) is 0 Å². The Balaban J connectivity index is 1.65. The molecular weight excluding hydrogens is 346 g/mol. The fourth-order valence-electron chi connectivity index (χ4n) is 2.86. The lowest BCUT2D eigenvalue weighted by Crippen LogP contribution is -2.47. The lowest BCUT2D eigenvalue weighted by molar-refractivity contribution is -0.148. The summed E-state index contributed by atoms with van der Waals surface area (Å²) < 4.78 is 11.1. The molecule has 0 saturated carbocycles. The Morgan fingerprint density at radius 1 is 1.24 bits per heavy atom. The predicted molar refractivity (Wildman–Crippen MR) is 93.0 cm³/mol. The van der Waals surface area contributed by atoms with Crippen LogP contribution in [0.2, 0.25) is 5.02 Å². The van der Waals surface area contributed by atoms with Crippen LogP contribution in [0, 0.1) is 0 Å². The second-order valence-corrected chi connectivity index (χ2v) is 6.22. The van der Waals surface area contributed by atoms with E-state index < -0.39 is 12.1 Å². The zero-order valence-electron chi connectivity index (χ0n) is 13.5. The molecule has 1 saturated heterocycles. The lowest BCUT2D eigenvalue weighted by Gasteiger charge is -2.32. The normalized spacial score (nSPS) is 17.5. The van der Waals surface area contributed by atoms with Gasteiger partial charge in [0.1, 0.15) is 5.75 Å². The molecule has 2 aromatic rings. The minimum absolute atomic E-state index is 0.119. The summed E-state index contributed by atoms with van der Waals surface area (Å²) in [6.45, 7) is 0.897. The molecule has 1 fully saturated rings. The van der Waals surface area contributed by atoms with Crippen molar-refractivity contribution in [2.45, 2.75) is 12.5 Å². The number of carboxylic acids is 1. The van der Waals surface area contributed by atoms with Gasteiger partial charge in [0.2, 0.25) is 0 Å². The van der Waals surface area contributed by atoms with E-state index in [9.17, 15) is 9.59 Å². The Morgan fingerprint density at radius 2 is 2.00 bits per heavy atom. The van der Waals surface area contributed by atoms with Crippen LogP contribution in [-0.4, -0.2) is 54.3 Å². The van der Waals surface area contributed by atoms with Crippen LogP contribution in [-0.2, 0) is 14.3 Å². The van der Waals surface area contributed by atoms with Crippen LogP contribution in [0.5, 0.6) is 5.75 Å². The predicted octanol–water partition coefficient (Wildman–Crippen LogP) is 2.57. The molecule has 1 atom stereocenters. The summed E-state index contributed by atoms with van der Waals surface area (Å²) in [5.41, 5.74) is 0. The number of hydrogen-bond acceptors (Lipinski definition) is 4. The number of aliphatic carboxylic acids is 1. The third-order valence-electron chi connectivity index (χ3n) is 4.08. The minimum atomic E-state index is -0.941. The van der Waals surface area contributed by atoms with Crippen LogP contribution in [0.4, 0.5) is 0 Å². The largest absolute Gasteiger partial charge is 0.483 e. The molecule has 3 rings (SSSR count). The van der Waals surface area contributed by atoms with E-state index in [0.717, 1.165) is 10.8 Å². The Labute approximate surface area is 149 Å². The smallest absolute Gasteiger partial charge is 0.306 e. The minimum Gasteiger partial charge on any atom is -0.483 e. The number of hydrogen-bond donors (Lipinski definition) is 1. The van der Waals surface area contributed by atoms with Crippen molar-refractivity contribution in [1.82, 2.24) is 4.90 Å². The third kappa shape index (κ3) is 4.21. The first kappa shape index (κ1) is 17.5. The van der Waals surface area contributed by atoms with E-state index in [1.807, 2.05) is 24.3 Å². The molecule has 7 heteroatoms.